The number of likely N-dealkylation sites (tertiary alicyclic amines) is 1. The van der Waals surface area contributed by atoms with Gasteiger partial charge in [0.15, 0.2) is 0 Å². The molecule has 0 spiro atoms. The number of nitrogens with one attached hydrogen (secondary N) is 2. The SMILES string of the molecule is C[C@H](NC[C@@H]1CCCCN1C(=O)OC(C)(C)C)c1ccc[nH]1. The predicted molar refractivity (Wildman–Crippen MR) is 87.8 cm³/mol. The highest BCUT2D eigenvalue weighted by atomic mass is 16.6. The molecule has 2 heterocycles. The van der Waals surface area contributed by atoms with E-state index in [-0.39, 0.29) is 18.2 Å². The van der Waals surface area contributed by atoms with Gasteiger partial charge in [0, 0.05) is 37.1 Å². The van der Waals surface area contributed by atoms with Gasteiger partial charge in [0.2, 0.25) is 0 Å². The third kappa shape index (κ3) is 4.77. The van der Waals surface area contributed by atoms with Gasteiger partial charge < -0.3 is 19.9 Å². The van der Waals surface area contributed by atoms with Gasteiger partial charge in [0.05, 0.1) is 0 Å². The standard InChI is InChI=1S/C17H29N3O2/c1-13(15-9-7-10-18-15)19-12-14-8-5-6-11-20(14)16(21)22-17(2,3)4/h7,9-10,13-14,18-19H,5-6,8,11-12H2,1-4H3/t13-,14-/m0/s1. The summed E-state index contributed by atoms with van der Waals surface area (Å²) in [5.41, 5.74) is 0.726. The minimum Gasteiger partial charge on any atom is -0.444 e. The van der Waals surface area contributed by atoms with Gasteiger partial charge in [0.25, 0.3) is 0 Å². The minimum atomic E-state index is -0.440. The predicted octanol–water partition coefficient (Wildman–Crippen LogP) is 3.45. The maximum absolute atomic E-state index is 12.4. The van der Waals surface area contributed by atoms with Crippen molar-refractivity contribution in [3.05, 3.63) is 24.0 Å². The van der Waals surface area contributed by atoms with E-state index in [2.05, 4.69) is 23.3 Å². The van der Waals surface area contributed by atoms with Gasteiger partial charge in [-0.2, -0.15) is 0 Å². The van der Waals surface area contributed by atoms with Gasteiger partial charge in [0.1, 0.15) is 5.60 Å². The van der Waals surface area contributed by atoms with E-state index in [1.54, 1.807) is 0 Å². The molecule has 0 unspecified atom stereocenters. The number of hydrogen-bond acceptors (Lipinski definition) is 3. The van der Waals surface area contributed by atoms with Crippen LogP contribution in [-0.4, -0.2) is 40.7 Å². The Bertz CT molecular complexity index is 465. The summed E-state index contributed by atoms with van der Waals surface area (Å²) in [6.07, 6.45) is 5.00. The molecule has 5 nitrogen and oxygen atoms in total. The fourth-order valence-electron chi connectivity index (χ4n) is 2.81. The molecule has 22 heavy (non-hydrogen) atoms. The van der Waals surface area contributed by atoms with Crippen molar-refractivity contribution in [1.82, 2.24) is 15.2 Å². The highest BCUT2D eigenvalue weighted by Gasteiger charge is 2.30. The first-order valence-electron chi connectivity index (χ1n) is 8.23. The zero-order valence-corrected chi connectivity index (χ0v) is 14.2. The number of carbonyl (C=O) groups is 1. The highest BCUT2D eigenvalue weighted by Crippen LogP contribution is 2.21. The quantitative estimate of drug-likeness (QED) is 0.895. The van der Waals surface area contributed by atoms with E-state index in [4.69, 9.17) is 4.74 Å². The summed E-state index contributed by atoms with van der Waals surface area (Å²) in [6.45, 7) is 9.45. The lowest BCUT2D eigenvalue weighted by atomic mass is 10.0. The van der Waals surface area contributed by atoms with Gasteiger partial charge in [-0.1, -0.05) is 0 Å². The number of H-pyrrole nitrogens is 1. The Morgan fingerprint density at radius 3 is 2.91 bits per heavy atom. The van der Waals surface area contributed by atoms with Crippen molar-refractivity contribution >= 4 is 6.09 Å². The first-order valence-corrected chi connectivity index (χ1v) is 8.23. The molecule has 2 rings (SSSR count). The van der Waals surface area contributed by atoms with Crippen molar-refractivity contribution in [3.8, 4) is 0 Å². The lowest BCUT2D eigenvalue weighted by Crippen LogP contribution is -2.50. The van der Waals surface area contributed by atoms with E-state index in [0.29, 0.717) is 0 Å². The van der Waals surface area contributed by atoms with Crippen molar-refractivity contribution in [1.29, 1.82) is 0 Å². The molecule has 1 aliphatic heterocycles. The largest absolute Gasteiger partial charge is 0.444 e. The molecule has 0 aliphatic carbocycles. The van der Waals surface area contributed by atoms with Gasteiger partial charge >= 0.3 is 6.09 Å². The molecule has 2 atom stereocenters. The Balaban J connectivity index is 1.90. The molecular weight excluding hydrogens is 278 g/mol. The highest BCUT2D eigenvalue weighted by molar-refractivity contribution is 5.68. The number of piperidine rings is 1. The van der Waals surface area contributed by atoms with Crippen LogP contribution >= 0.6 is 0 Å². The maximum atomic E-state index is 12.4. The first-order chi connectivity index (χ1) is 10.4. The van der Waals surface area contributed by atoms with Crippen molar-refractivity contribution in [2.24, 2.45) is 0 Å². The van der Waals surface area contributed by atoms with Gasteiger partial charge in [-0.25, -0.2) is 4.79 Å². The van der Waals surface area contributed by atoms with Crippen LogP contribution in [0.15, 0.2) is 18.3 Å². The monoisotopic (exact) mass is 307 g/mol. The molecule has 1 amide bonds. The Hall–Kier alpha value is -1.49. The van der Waals surface area contributed by atoms with Crippen LogP contribution in [0.4, 0.5) is 4.79 Å². The summed E-state index contributed by atoms with van der Waals surface area (Å²) < 4.78 is 5.54. The molecule has 1 aromatic rings. The van der Waals surface area contributed by atoms with E-state index >= 15 is 0 Å². The fraction of sp³-hybridized carbons (Fsp3) is 0.706. The summed E-state index contributed by atoms with van der Waals surface area (Å²) in [7, 11) is 0. The fourth-order valence-corrected chi connectivity index (χ4v) is 2.81. The maximum Gasteiger partial charge on any atom is 0.410 e. The van der Waals surface area contributed by atoms with E-state index in [1.165, 1.54) is 12.1 Å². The molecule has 0 aromatic carbocycles. The molecule has 0 radical (unpaired) electrons. The summed E-state index contributed by atoms with van der Waals surface area (Å²) in [5.74, 6) is 0. The van der Waals surface area contributed by atoms with Crippen LogP contribution in [-0.2, 0) is 4.74 Å². The number of amides is 1. The lowest BCUT2D eigenvalue weighted by molar-refractivity contribution is 0.00969. The molecule has 5 heteroatoms. The number of aromatic nitrogens is 1. The van der Waals surface area contributed by atoms with Crippen LogP contribution in [0.5, 0.6) is 0 Å². The van der Waals surface area contributed by atoms with Crippen molar-refractivity contribution in [3.63, 3.8) is 0 Å². The third-order valence-electron chi connectivity index (χ3n) is 4.00. The normalized spacial score (nSPS) is 20.7. The number of ether oxygens (including phenoxy) is 1. The van der Waals surface area contributed by atoms with Crippen LogP contribution in [0.25, 0.3) is 0 Å². The zero-order chi connectivity index (χ0) is 16.2. The van der Waals surface area contributed by atoms with Crippen molar-refractivity contribution < 1.29 is 9.53 Å². The zero-order valence-electron chi connectivity index (χ0n) is 14.2. The molecule has 0 bridgehead atoms. The third-order valence-corrected chi connectivity index (χ3v) is 4.00. The molecule has 1 aromatic heterocycles. The molecule has 1 aliphatic rings. The summed E-state index contributed by atoms with van der Waals surface area (Å²) in [6, 6.07) is 4.53. The van der Waals surface area contributed by atoms with Gasteiger partial charge in [-0.15, -0.1) is 0 Å². The lowest BCUT2D eigenvalue weighted by Gasteiger charge is -2.37. The second-order valence-electron chi connectivity index (χ2n) is 7.08. The number of carbonyl (C=O) groups excluding carboxylic acids is 1. The molecule has 1 saturated heterocycles. The van der Waals surface area contributed by atoms with E-state index in [9.17, 15) is 4.79 Å². The summed E-state index contributed by atoms with van der Waals surface area (Å²) in [5, 5.41) is 3.52. The van der Waals surface area contributed by atoms with Gasteiger partial charge in [-0.05, 0) is 59.1 Å². The van der Waals surface area contributed by atoms with Gasteiger partial charge in [-0.3, -0.25) is 0 Å². The van der Waals surface area contributed by atoms with E-state index in [1.807, 2.05) is 37.9 Å². The average molecular weight is 307 g/mol. The van der Waals surface area contributed by atoms with Crippen LogP contribution in [0.1, 0.15) is 58.7 Å². The van der Waals surface area contributed by atoms with Crippen LogP contribution < -0.4 is 5.32 Å². The first kappa shape index (κ1) is 16.9. The Morgan fingerprint density at radius 2 is 2.27 bits per heavy atom. The van der Waals surface area contributed by atoms with Crippen molar-refractivity contribution in [2.45, 2.75) is 64.6 Å². The Kier molecular flexibility index (Phi) is 5.51. The average Bonchev–Trinajstić information content (AvgIpc) is 2.97. The Labute approximate surface area is 133 Å². The number of hydrogen-bond donors (Lipinski definition) is 2. The van der Waals surface area contributed by atoms with Crippen LogP contribution in [0.2, 0.25) is 0 Å². The molecule has 0 saturated carbocycles. The summed E-state index contributed by atoms with van der Waals surface area (Å²) >= 11 is 0. The molecule has 124 valence electrons. The van der Waals surface area contributed by atoms with Crippen LogP contribution in [0.3, 0.4) is 0 Å². The number of aromatic amines is 1. The second kappa shape index (κ2) is 7.18. The Morgan fingerprint density at radius 1 is 1.50 bits per heavy atom. The van der Waals surface area contributed by atoms with E-state index in [0.717, 1.165) is 25.9 Å². The van der Waals surface area contributed by atoms with Crippen molar-refractivity contribution in [2.75, 3.05) is 13.1 Å². The minimum absolute atomic E-state index is 0.188. The number of nitrogens with zero attached hydrogens (tertiary/aromatic N) is 1. The topological polar surface area (TPSA) is 57.4 Å². The van der Waals surface area contributed by atoms with Crippen LogP contribution in [0, 0.1) is 0 Å². The summed E-state index contributed by atoms with van der Waals surface area (Å²) in [4.78, 5) is 17.5. The number of rotatable bonds is 4. The second-order valence-corrected chi connectivity index (χ2v) is 7.08. The molecule has 1 fully saturated rings. The smallest absolute Gasteiger partial charge is 0.410 e. The van der Waals surface area contributed by atoms with E-state index < -0.39 is 5.60 Å². The molecular formula is C17H29N3O2. The molecule has 2 N–H and O–H groups in total.